The summed E-state index contributed by atoms with van der Waals surface area (Å²) < 4.78 is 0. The number of aliphatic imine (C=N–C) groups is 1. The number of hydrogen-bond donors (Lipinski definition) is 0. The van der Waals surface area contributed by atoms with Gasteiger partial charge in [-0.05, 0) is 48.1 Å². The van der Waals surface area contributed by atoms with Crippen molar-refractivity contribution in [3.63, 3.8) is 0 Å². The Morgan fingerprint density at radius 3 is 2.62 bits per heavy atom. The first-order chi connectivity index (χ1) is 7.57. The highest BCUT2D eigenvalue weighted by atomic mass is 79.9. The third-order valence-electron chi connectivity index (χ3n) is 4.88. The molecule has 6 atom stereocenters. The van der Waals surface area contributed by atoms with Crippen LogP contribution in [0.25, 0.3) is 0 Å². The van der Waals surface area contributed by atoms with Gasteiger partial charge in [0, 0.05) is 5.33 Å². The van der Waals surface area contributed by atoms with Crippen molar-refractivity contribution < 1.29 is 0 Å². The van der Waals surface area contributed by atoms with E-state index in [1.54, 1.807) is 0 Å². The highest BCUT2D eigenvalue weighted by Gasteiger charge is 2.52. The number of alkyl halides is 1. The van der Waals surface area contributed by atoms with Crippen LogP contribution in [0.2, 0.25) is 0 Å². The van der Waals surface area contributed by atoms with E-state index in [1.165, 1.54) is 6.42 Å². The molecule has 2 heteroatoms. The molecular formula is C14H24BrN. The van der Waals surface area contributed by atoms with Gasteiger partial charge < -0.3 is 0 Å². The first-order valence-electron chi connectivity index (χ1n) is 6.65. The maximum Gasteiger partial charge on any atom is 0.0563 e. The van der Waals surface area contributed by atoms with E-state index in [0.29, 0.717) is 6.04 Å². The third kappa shape index (κ3) is 1.87. The zero-order valence-electron chi connectivity index (χ0n) is 10.9. The van der Waals surface area contributed by atoms with Gasteiger partial charge in [0.2, 0.25) is 0 Å². The Bertz CT molecular complexity index is 274. The van der Waals surface area contributed by atoms with Crippen LogP contribution in [0.1, 0.15) is 34.1 Å². The normalized spacial score (nSPS) is 47.4. The fraction of sp³-hybridized carbons (Fsp3) is 0.929. The summed E-state index contributed by atoms with van der Waals surface area (Å²) in [6.07, 6.45) is 3.38. The molecule has 1 nitrogen and oxygen atoms in total. The lowest BCUT2D eigenvalue weighted by Gasteiger charge is -2.55. The van der Waals surface area contributed by atoms with E-state index in [4.69, 9.17) is 4.99 Å². The molecule has 0 saturated heterocycles. The number of nitrogens with zero attached hydrogens (tertiary/aromatic N) is 1. The molecule has 2 bridgehead atoms. The third-order valence-corrected chi connectivity index (χ3v) is 5.63. The van der Waals surface area contributed by atoms with E-state index in [9.17, 15) is 0 Å². The smallest absolute Gasteiger partial charge is 0.0563 e. The Morgan fingerprint density at radius 1 is 1.38 bits per heavy atom. The number of halogens is 1. The summed E-state index contributed by atoms with van der Waals surface area (Å²) in [5, 5.41) is 1.12. The van der Waals surface area contributed by atoms with Crippen LogP contribution in [0.5, 0.6) is 0 Å². The van der Waals surface area contributed by atoms with Crippen molar-refractivity contribution in [3.05, 3.63) is 0 Å². The first-order valence-corrected chi connectivity index (χ1v) is 7.77. The molecule has 0 radical (unpaired) electrons. The Balaban J connectivity index is 2.27. The van der Waals surface area contributed by atoms with Crippen LogP contribution in [0, 0.1) is 35.5 Å². The van der Waals surface area contributed by atoms with Gasteiger partial charge in [-0.3, -0.25) is 4.99 Å². The lowest BCUT2D eigenvalue weighted by Crippen LogP contribution is -2.56. The van der Waals surface area contributed by atoms with Crippen molar-refractivity contribution in [1.29, 1.82) is 0 Å². The van der Waals surface area contributed by atoms with Crippen molar-refractivity contribution in [2.24, 2.45) is 40.5 Å². The maximum atomic E-state index is 4.77. The molecule has 2 aliphatic heterocycles. The lowest BCUT2D eigenvalue weighted by atomic mass is 9.53. The lowest BCUT2D eigenvalue weighted by molar-refractivity contribution is -0.0259. The average Bonchev–Trinajstić information content (AvgIpc) is 2.21. The number of rotatable bonds is 2. The van der Waals surface area contributed by atoms with Crippen molar-refractivity contribution in [2.45, 2.75) is 40.2 Å². The highest BCUT2D eigenvalue weighted by Crippen LogP contribution is 2.52. The van der Waals surface area contributed by atoms with E-state index >= 15 is 0 Å². The van der Waals surface area contributed by atoms with Gasteiger partial charge in [0.1, 0.15) is 0 Å². The van der Waals surface area contributed by atoms with E-state index in [2.05, 4.69) is 49.8 Å². The summed E-state index contributed by atoms with van der Waals surface area (Å²) >= 11 is 3.69. The largest absolute Gasteiger partial charge is 0.294 e. The zero-order valence-corrected chi connectivity index (χ0v) is 12.4. The summed E-state index contributed by atoms with van der Waals surface area (Å²) in [5.41, 5.74) is 0. The SMILES string of the molecule is CC(C)C1C(C)CC=NC2C(C)C1C2CBr. The van der Waals surface area contributed by atoms with Gasteiger partial charge in [0.05, 0.1) is 6.04 Å². The average molecular weight is 286 g/mol. The summed E-state index contributed by atoms with van der Waals surface area (Å²) in [4.78, 5) is 4.77. The predicted octanol–water partition coefficient (Wildman–Crippen LogP) is 4.01. The quantitative estimate of drug-likeness (QED) is 0.680. The van der Waals surface area contributed by atoms with Crippen LogP contribution in [-0.2, 0) is 0 Å². The van der Waals surface area contributed by atoms with E-state index in [0.717, 1.165) is 40.8 Å². The van der Waals surface area contributed by atoms with Gasteiger partial charge in [-0.1, -0.05) is 43.6 Å². The van der Waals surface area contributed by atoms with Crippen LogP contribution in [-0.4, -0.2) is 17.6 Å². The van der Waals surface area contributed by atoms with Crippen LogP contribution >= 0.6 is 15.9 Å². The van der Waals surface area contributed by atoms with Crippen molar-refractivity contribution in [2.75, 3.05) is 5.33 Å². The standard InChI is InChI=1S/C14H24BrN/c1-8(2)12-9(3)5-6-16-14-10(4)13(12)11(14)7-15/h6,8-14H,5,7H2,1-4H3. The minimum absolute atomic E-state index is 0.595. The van der Waals surface area contributed by atoms with Crippen LogP contribution in [0.3, 0.4) is 0 Å². The molecule has 6 unspecified atom stereocenters. The molecule has 0 aromatic carbocycles. The summed E-state index contributed by atoms with van der Waals surface area (Å²) in [5.74, 6) is 4.92. The maximum absolute atomic E-state index is 4.77. The second kappa shape index (κ2) is 4.80. The van der Waals surface area contributed by atoms with Gasteiger partial charge in [0.25, 0.3) is 0 Å². The fourth-order valence-electron chi connectivity index (χ4n) is 4.15. The Morgan fingerprint density at radius 2 is 2.06 bits per heavy atom. The molecule has 3 aliphatic rings. The van der Waals surface area contributed by atoms with Crippen LogP contribution in [0.15, 0.2) is 4.99 Å². The molecule has 0 N–H and O–H groups in total. The number of fused-ring (bicyclic) bond motifs is 3. The summed E-state index contributed by atoms with van der Waals surface area (Å²) in [6.45, 7) is 9.60. The van der Waals surface area contributed by atoms with Gasteiger partial charge in [0.15, 0.2) is 0 Å². The van der Waals surface area contributed by atoms with Crippen LogP contribution in [0.4, 0.5) is 0 Å². The van der Waals surface area contributed by atoms with Crippen molar-refractivity contribution >= 4 is 22.1 Å². The van der Waals surface area contributed by atoms with Crippen LogP contribution < -0.4 is 0 Å². The molecule has 1 fully saturated rings. The molecular weight excluding hydrogens is 262 g/mol. The fourth-order valence-corrected chi connectivity index (χ4v) is 4.97. The first kappa shape index (κ1) is 12.6. The molecule has 2 heterocycles. The zero-order chi connectivity index (χ0) is 11.9. The molecule has 92 valence electrons. The highest BCUT2D eigenvalue weighted by molar-refractivity contribution is 9.09. The molecule has 0 aromatic heterocycles. The van der Waals surface area contributed by atoms with Crippen molar-refractivity contribution in [1.82, 2.24) is 0 Å². The van der Waals surface area contributed by atoms with E-state index in [1.807, 2.05) is 0 Å². The van der Waals surface area contributed by atoms with E-state index < -0.39 is 0 Å². The molecule has 3 rings (SSSR count). The van der Waals surface area contributed by atoms with Crippen molar-refractivity contribution in [3.8, 4) is 0 Å². The Labute approximate surface area is 108 Å². The van der Waals surface area contributed by atoms with Gasteiger partial charge in [-0.2, -0.15) is 0 Å². The molecule has 0 spiro atoms. The second-order valence-corrected chi connectivity index (χ2v) is 6.76. The summed E-state index contributed by atoms with van der Waals surface area (Å²) in [7, 11) is 0. The van der Waals surface area contributed by atoms with Gasteiger partial charge >= 0.3 is 0 Å². The summed E-state index contributed by atoms with van der Waals surface area (Å²) in [6, 6.07) is 0.595. The molecule has 0 aromatic rings. The Kier molecular flexibility index (Phi) is 3.78. The molecule has 1 aliphatic carbocycles. The Hall–Kier alpha value is 0.150. The predicted molar refractivity (Wildman–Crippen MR) is 74.3 cm³/mol. The number of hydrogen-bond acceptors (Lipinski definition) is 1. The van der Waals surface area contributed by atoms with Gasteiger partial charge in [-0.15, -0.1) is 0 Å². The second-order valence-electron chi connectivity index (χ2n) is 6.11. The minimum atomic E-state index is 0.595. The topological polar surface area (TPSA) is 12.4 Å². The molecule has 0 amide bonds. The van der Waals surface area contributed by atoms with E-state index in [-0.39, 0.29) is 0 Å². The van der Waals surface area contributed by atoms with Gasteiger partial charge in [-0.25, -0.2) is 0 Å². The molecule has 16 heavy (non-hydrogen) atoms. The molecule has 1 saturated carbocycles. The minimum Gasteiger partial charge on any atom is -0.294 e. The monoisotopic (exact) mass is 285 g/mol.